The maximum Gasteiger partial charge on any atom is 0.410 e. The van der Waals surface area contributed by atoms with Gasteiger partial charge in [0.25, 0.3) is 0 Å². The van der Waals surface area contributed by atoms with Crippen LogP contribution in [-0.2, 0) is 14.3 Å². The van der Waals surface area contributed by atoms with E-state index in [0.717, 1.165) is 15.5 Å². The van der Waals surface area contributed by atoms with Crippen LogP contribution < -0.4 is 5.73 Å². The molecule has 4 rings (SSSR count). The number of carboxylic acid groups (broad SMARTS) is 1. The van der Waals surface area contributed by atoms with Gasteiger partial charge in [-0.2, -0.15) is 0 Å². The fraction of sp³-hybridized carbons (Fsp3) is 0.519. The number of aliphatic carboxylic acids is 1. The lowest BCUT2D eigenvalue weighted by atomic mass is 9.79. The van der Waals surface area contributed by atoms with Gasteiger partial charge >= 0.3 is 12.1 Å². The maximum absolute atomic E-state index is 12.9. The van der Waals surface area contributed by atoms with Crippen LogP contribution in [0.3, 0.4) is 0 Å². The summed E-state index contributed by atoms with van der Waals surface area (Å²) in [5, 5.41) is 20.0. The molecule has 1 aromatic carbocycles. The molecule has 2 amide bonds. The number of nitrogens with two attached hydrogens (primary N) is 1. The maximum atomic E-state index is 12.9. The van der Waals surface area contributed by atoms with Crippen molar-refractivity contribution < 1.29 is 29.3 Å². The summed E-state index contributed by atoms with van der Waals surface area (Å²) >= 11 is 4.80. The molecule has 3 heterocycles. The van der Waals surface area contributed by atoms with Gasteiger partial charge in [0.05, 0.1) is 18.1 Å². The molecule has 0 unspecified atom stereocenters. The van der Waals surface area contributed by atoms with Crippen molar-refractivity contribution in [3.8, 4) is 0 Å². The number of aliphatic hydroxyl groups is 1. The molecular weight excluding hydrogens is 559 g/mol. The average Bonchev–Trinajstić information content (AvgIpc) is 3.42. The van der Waals surface area contributed by atoms with Crippen molar-refractivity contribution in [2.45, 2.75) is 53.5 Å². The summed E-state index contributed by atoms with van der Waals surface area (Å²) in [5.41, 5.74) is 5.60. The van der Waals surface area contributed by atoms with Crippen LogP contribution in [0.15, 0.2) is 57.3 Å². The van der Waals surface area contributed by atoms with E-state index in [1.165, 1.54) is 22.7 Å². The Morgan fingerprint density at radius 2 is 1.92 bits per heavy atom. The van der Waals surface area contributed by atoms with Gasteiger partial charge in [-0.3, -0.25) is 4.79 Å². The van der Waals surface area contributed by atoms with Gasteiger partial charge in [-0.05, 0) is 37.6 Å². The number of ether oxygens (including phenoxy) is 1. The number of carbonyl (C=O) groups is 3. The molecule has 0 saturated carbocycles. The third kappa shape index (κ3) is 6.30. The molecule has 0 bridgehead atoms. The van der Waals surface area contributed by atoms with Crippen LogP contribution in [0.25, 0.3) is 0 Å². The smallest absolute Gasteiger partial charge is 0.410 e. The van der Waals surface area contributed by atoms with Crippen molar-refractivity contribution in [1.29, 1.82) is 0 Å². The molecule has 9 nitrogen and oxygen atoms in total. The van der Waals surface area contributed by atoms with Gasteiger partial charge in [0.2, 0.25) is 5.91 Å². The number of benzene rings is 1. The van der Waals surface area contributed by atoms with Crippen molar-refractivity contribution in [2.24, 2.45) is 17.6 Å². The van der Waals surface area contributed by atoms with Crippen LogP contribution in [0.4, 0.5) is 4.79 Å². The number of rotatable bonds is 12. The fourth-order valence-electron chi connectivity index (χ4n) is 5.41. The van der Waals surface area contributed by atoms with Crippen LogP contribution in [-0.4, -0.2) is 92.6 Å². The Balaban J connectivity index is 1.47. The second-order valence-electron chi connectivity index (χ2n) is 9.84. The van der Waals surface area contributed by atoms with Crippen LogP contribution in [0.1, 0.15) is 20.3 Å². The highest BCUT2D eigenvalue weighted by molar-refractivity contribution is 8.03. The first-order valence-electron chi connectivity index (χ1n) is 12.9. The highest BCUT2D eigenvalue weighted by atomic mass is 32.2. The first-order valence-corrected chi connectivity index (χ1v) is 15.8. The summed E-state index contributed by atoms with van der Waals surface area (Å²) in [6.45, 7) is 8.23. The zero-order chi connectivity index (χ0) is 28.3. The predicted octanol–water partition coefficient (Wildman–Crippen LogP) is 3.48. The quantitative estimate of drug-likeness (QED) is 0.188. The van der Waals surface area contributed by atoms with Gasteiger partial charge < -0.3 is 30.5 Å². The Kier molecular flexibility index (Phi) is 9.97. The van der Waals surface area contributed by atoms with E-state index in [0.29, 0.717) is 30.2 Å². The number of thioether (sulfide) groups is 3. The fourth-order valence-corrected chi connectivity index (χ4v) is 8.69. The Hall–Kier alpha value is -2.12. The van der Waals surface area contributed by atoms with Crippen LogP contribution in [0, 0.1) is 11.8 Å². The molecule has 6 atom stereocenters. The van der Waals surface area contributed by atoms with E-state index in [2.05, 4.69) is 30.8 Å². The van der Waals surface area contributed by atoms with Crippen molar-refractivity contribution in [2.75, 3.05) is 31.2 Å². The molecule has 0 radical (unpaired) electrons. The normalized spacial score (nSPS) is 26.9. The predicted molar refractivity (Wildman–Crippen MR) is 155 cm³/mol. The van der Waals surface area contributed by atoms with Crippen LogP contribution in [0.5, 0.6) is 0 Å². The Labute approximate surface area is 241 Å². The summed E-state index contributed by atoms with van der Waals surface area (Å²) in [7, 11) is 0. The first-order chi connectivity index (χ1) is 18.7. The Morgan fingerprint density at radius 1 is 1.26 bits per heavy atom. The van der Waals surface area contributed by atoms with Crippen LogP contribution in [0.2, 0.25) is 0 Å². The van der Waals surface area contributed by atoms with E-state index in [1.54, 1.807) is 35.3 Å². The number of hydrogen-bond donors (Lipinski definition) is 3. The molecule has 39 heavy (non-hydrogen) atoms. The largest absolute Gasteiger partial charge is 0.477 e. The standard InChI is InChI=1S/C27H35N3O6S3/c1-4-10-36-27(35)29-13-20(12-17(29)14-38-19-7-5-18(6-8-19)37-11-9-28)39-24-15(2)22-21(16(3)31)25(32)30(22)23(24)26(33)34/h4-8,15-17,20-22,31H,1,9-14,28H2,2-3H3,(H,33,34)/t15-,16-,17+,20+,21-,22-/m1/s1. The number of carboxylic acids is 1. The van der Waals surface area contributed by atoms with E-state index in [9.17, 15) is 24.6 Å². The highest BCUT2D eigenvalue weighted by Gasteiger charge is 2.60. The highest BCUT2D eigenvalue weighted by Crippen LogP contribution is 2.52. The number of hydrogen-bond acceptors (Lipinski definition) is 9. The van der Waals surface area contributed by atoms with Gasteiger partial charge in [-0.1, -0.05) is 19.6 Å². The Morgan fingerprint density at radius 3 is 2.51 bits per heavy atom. The van der Waals surface area contributed by atoms with E-state index >= 15 is 0 Å². The molecule has 3 aliphatic heterocycles. The zero-order valence-electron chi connectivity index (χ0n) is 22.0. The molecule has 0 spiro atoms. The Bertz CT molecular complexity index is 1130. The van der Waals surface area contributed by atoms with Crippen molar-refractivity contribution in [3.63, 3.8) is 0 Å². The van der Waals surface area contributed by atoms with Crippen molar-refractivity contribution >= 4 is 53.3 Å². The molecule has 0 aromatic heterocycles. The number of carbonyl (C=O) groups excluding carboxylic acids is 2. The molecule has 1 aromatic rings. The number of amides is 2. The van der Waals surface area contributed by atoms with Gasteiger partial charge in [0.15, 0.2) is 0 Å². The average molecular weight is 594 g/mol. The number of β-lactam (4-membered cyclic amide) rings is 1. The minimum Gasteiger partial charge on any atom is -0.477 e. The van der Waals surface area contributed by atoms with E-state index in [4.69, 9.17) is 10.5 Å². The summed E-state index contributed by atoms with van der Waals surface area (Å²) < 4.78 is 5.36. The lowest BCUT2D eigenvalue weighted by Gasteiger charge is -2.46. The lowest BCUT2D eigenvalue weighted by Crippen LogP contribution is -2.63. The second kappa shape index (κ2) is 13.0. The van der Waals surface area contributed by atoms with Crippen molar-refractivity contribution in [3.05, 3.63) is 47.5 Å². The van der Waals surface area contributed by atoms with Gasteiger partial charge in [0, 0.05) is 56.5 Å². The lowest BCUT2D eigenvalue weighted by molar-refractivity contribution is -0.163. The minimum atomic E-state index is -1.15. The number of nitrogens with zero attached hydrogens (tertiary/aromatic N) is 2. The van der Waals surface area contributed by atoms with Gasteiger partial charge in [-0.15, -0.1) is 35.3 Å². The number of aliphatic hydroxyl groups excluding tert-OH is 1. The summed E-state index contributed by atoms with van der Waals surface area (Å²) in [6, 6.07) is 7.80. The molecule has 2 fully saturated rings. The third-order valence-corrected chi connectivity index (χ3v) is 10.9. The molecule has 12 heteroatoms. The molecule has 212 valence electrons. The number of likely N-dealkylation sites (tertiary alicyclic amines) is 1. The zero-order valence-corrected chi connectivity index (χ0v) is 24.5. The summed E-state index contributed by atoms with van der Waals surface area (Å²) in [5.74, 6) is -0.801. The van der Waals surface area contributed by atoms with E-state index < -0.39 is 24.1 Å². The van der Waals surface area contributed by atoms with E-state index in [-0.39, 0.29) is 41.5 Å². The van der Waals surface area contributed by atoms with E-state index in [1.807, 2.05) is 6.92 Å². The van der Waals surface area contributed by atoms with Gasteiger partial charge in [-0.25, -0.2) is 9.59 Å². The minimum absolute atomic E-state index is 0.00519. The molecule has 0 aliphatic carbocycles. The summed E-state index contributed by atoms with van der Waals surface area (Å²) in [6.07, 6.45) is 0.916. The summed E-state index contributed by atoms with van der Waals surface area (Å²) in [4.78, 5) is 43.7. The SMILES string of the molecule is C=CCOC(=O)N1C[C@@H](SC2=C(C(=O)O)N3C(=O)[C@H]([C@@H](C)O)[C@H]3[C@H]2C)C[C@H]1CSc1ccc(SCCN)cc1. The monoisotopic (exact) mass is 593 g/mol. The van der Waals surface area contributed by atoms with Crippen molar-refractivity contribution in [1.82, 2.24) is 9.80 Å². The second-order valence-corrected chi connectivity index (χ2v) is 13.4. The molecule has 4 N–H and O–H groups in total. The topological polar surface area (TPSA) is 133 Å². The molecule has 2 saturated heterocycles. The first kappa shape index (κ1) is 29.9. The van der Waals surface area contributed by atoms with Gasteiger partial charge in [0.1, 0.15) is 12.3 Å². The van der Waals surface area contributed by atoms with Crippen LogP contribution >= 0.6 is 35.3 Å². The molecule has 3 aliphatic rings. The number of fused-ring (bicyclic) bond motifs is 1. The molecular formula is C27H35N3O6S3. The third-order valence-electron chi connectivity index (χ3n) is 7.19.